The third-order valence-corrected chi connectivity index (χ3v) is 3.15. The van der Waals surface area contributed by atoms with Gasteiger partial charge < -0.3 is 4.52 Å². The van der Waals surface area contributed by atoms with Crippen LogP contribution in [0.4, 0.5) is 10.3 Å². The number of halogens is 2. The number of hydrogen-bond donors (Lipinski definition) is 1. The average molecular weight is 327 g/mol. The van der Waals surface area contributed by atoms with Gasteiger partial charge >= 0.3 is 0 Å². The minimum absolute atomic E-state index is 0.217. The van der Waals surface area contributed by atoms with Crippen molar-refractivity contribution in [1.29, 1.82) is 0 Å². The third kappa shape index (κ3) is 3.20. The molecule has 6 heteroatoms. The average Bonchev–Trinajstić information content (AvgIpc) is 2.81. The largest absolute Gasteiger partial charge is 0.338 e. The maximum absolute atomic E-state index is 13.1. The first-order valence-electron chi connectivity index (χ1n) is 5.70. The Balaban J connectivity index is 2.13. The van der Waals surface area contributed by atoms with Gasteiger partial charge in [-0.25, -0.2) is 4.39 Å². The van der Waals surface area contributed by atoms with E-state index in [-0.39, 0.29) is 22.2 Å². The molecule has 0 aliphatic rings. The summed E-state index contributed by atoms with van der Waals surface area (Å²) in [6.07, 6.45) is 0. The molecule has 100 valence electrons. The summed E-state index contributed by atoms with van der Waals surface area (Å²) >= 11 is 3.03. The van der Waals surface area contributed by atoms with E-state index in [1.165, 1.54) is 18.2 Å². The van der Waals surface area contributed by atoms with Crippen LogP contribution in [0.3, 0.4) is 0 Å². The first-order valence-corrected chi connectivity index (χ1v) is 6.49. The summed E-state index contributed by atoms with van der Waals surface area (Å²) in [7, 11) is 0. The van der Waals surface area contributed by atoms with E-state index in [1.807, 2.05) is 13.8 Å². The summed E-state index contributed by atoms with van der Waals surface area (Å²) in [5.74, 6) is -0.311. The lowest BCUT2D eigenvalue weighted by Gasteiger charge is -2.02. The van der Waals surface area contributed by atoms with Crippen LogP contribution in [0.15, 0.2) is 33.3 Å². The zero-order valence-corrected chi connectivity index (χ0v) is 12.0. The molecule has 2 aromatic rings. The second-order valence-electron chi connectivity index (χ2n) is 4.35. The molecule has 1 N–H and O–H groups in total. The van der Waals surface area contributed by atoms with Crippen molar-refractivity contribution in [2.75, 3.05) is 5.32 Å². The normalized spacial score (nSPS) is 10.8. The molecule has 1 amide bonds. The van der Waals surface area contributed by atoms with Crippen LogP contribution in [0.5, 0.6) is 0 Å². The van der Waals surface area contributed by atoms with Gasteiger partial charge in [-0.2, -0.15) is 0 Å². The topological polar surface area (TPSA) is 55.1 Å². The number of benzene rings is 1. The van der Waals surface area contributed by atoms with Crippen LogP contribution in [0.25, 0.3) is 0 Å². The number of nitrogens with one attached hydrogen (secondary N) is 1. The smallest absolute Gasteiger partial charge is 0.258 e. The van der Waals surface area contributed by atoms with Crippen molar-refractivity contribution >= 4 is 27.7 Å². The van der Waals surface area contributed by atoms with Gasteiger partial charge in [0.05, 0.1) is 10.2 Å². The van der Waals surface area contributed by atoms with Crippen LogP contribution in [-0.2, 0) is 0 Å². The molecular weight excluding hydrogens is 315 g/mol. The molecule has 1 aromatic carbocycles. The van der Waals surface area contributed by atoms with Gasteiger partial charge in [-0.05, 0) is 40.0 Å². The highest BCUT2D eigenvalue weighted by Gasteiger charge is 2.13. The molecule has 0 saturated heterocycles. The van der Waals surface area contributed by atoms with Crippen molar-refractivity contribution in [3.8, 4) is 0 Å². The lowest BCUT2D eigenvalue weighted by Crippen LogP contribution is -2.11. The number of carbonyl (C=O) groups excluding carboxylic acids is 1. The lowest BCUT2D eigenvalue weighted by molar-refractivity contribution is 0.102. The molecule has 0 radical (unpaired) electrons. The first kappa shape index (κ1) is 13.7. The predicted molar refractivity (Wildman–Crippen MR) is 72.6 cm³/mol. The maximum Gasteiger partial charge on any atom is 0.258 e. The molecule has 0 aliphatic carbocycles. The number of rotatable bonds is 3. The van der Waals surface area contributed by atoms with Crippen LogP contribution < -0.4 is 5.32 Å². The van der Waals surface area contributed by atoms with Crippen LogP contribution in [0.2, 0.25) is 0 Å². The van der Waals surface area contributed by atoms with Crippen molar-refractivity contribution in [2.45, 2.75) is 19.8 Å². The number of carbonyl (C=O) groups is 1. The quantitative estimate of drug-likeness (QED) is 0.929. The van der Waals surface area contributed by atoms with E-state index in [0.29, 0.717) is 5.56 Å². The van der Waals surface area contributed by atoms with Gasteiger partial charge in [-0.15, -0.1) is 0 Å². The molecule has 0 aliphatic heterocycles. The molecule has 2 rings (SSSR count). The zero-order valence-electron chi connectivity index (χ0n) is 10.4. The third-order valence-electron chi connectivity index (χ3n) is 2.54. The summed E-state index contributed by atoms with van der Waals surface area (Å²) in [6.45, 7) is 3.95. The minimum atomic E-state index is -0.418. The molecule has 4 nitrogen and oxygen atoms in total. The number of aromatic nitrogens is 1. The molecule has 1 aromatic heterocycles. The number of anilines is 1. The van der Waals surface area contributed by atoms with Gasteiger partial charge in [0, 0.05) is 11.6 Å². The van der Waals surface area contributed by atoms with Gasteiger partial charge in [0.15, 0.2) is 0 Å². The lowest BCUT2D eigenvalue weighted by atomic mass is 10.1. The van der Waals surface area contributed by atoms with E-state index in [4.69, 9.17) is 4.52 Å². The SMILES string of the molecule is CC(C)c1cc(NC(=O)c2ccc(F)c(Br)c2)on1. The molecule has 0 saturated carbocycles. The highest BCUT2D eigenvalue weighted by Crippen LogP contribution is 2.20. The van der Waals surface area contributed by atoms with Gasteiger partial charge in [-0.3, -0.25) is 10.1 Å². The highest BCUT2D eigenvalue weighted by molar-refractivity contribution is 9.10. The first-order chi connectivity index (χ1) is 8.97. The molecule has 19 heavy (non-hydrogen) atoms. The Labute approximate surface area is 118 Å². The fourth-order valence-electron chi connectivity index (χ4n) is 1.44. The number of nitrogens with zero attached hydrogens (tertiary/aromatic N) is 1. The standard InChI is InChI=1S/C13H12BrFN2O2/c1-7(2)11-6-12(19-17-11)16-13(18)8-3-4-10(15)9(14)5-8/h3-7H,1-2H3,(H,16,18). The van der Waals surface area contributed by atoms with Crippen LogP contribution >= 0.6 is 15.9 Å². The second kappa shape index (κ2) is 5.52. The summed E-state index contributed by atoms with van der Waals surface area (Å²) in [4.78, 5) is 11.9. The Morgan fingerprint density at radius 3 is 2.74 bits per heavy atom. The van der Waals surface area contributed by atoms with Crippen LogP contribution in [-0.4, -0.2) is 11.1 Å². The van der Waals surface area contributed by atoms with Crippen molar-refractivity contribution < 1.29 is 13.7 Å². The van der Waals surface area contributed by atoms with Crippen molar-refractivity contribution in [3.63, 3.8) is 0 Å². The Bertz CT molecular complexity index is 610. The number of hydrogen-bond acceptors (Lipinski definition) is 3. The van der Waals surface area contributed by atoms with Crippen molar-refractivity contribution in [1.82, 2.24) is 5.16 Å². The minimum Gasteiger partial charge on any atom is -0.338 e. The van der Waals surface area contributed by atoms with E-state index in [2.05, 4.69) is 26.4 Å². The molecule has 0 bridgehead atoms. The summed E-state index contributed by atoms with van der Waals surface area (Å²) in [6, 6.07) is 5.69. The number of amides is 1. The van der Waals surface area contributed by atoms with E-state index in [9.17, 15) is 9.18 Å². The summed E-state index contributed by atoms with van der Waals surface area (Å²) in [5.41, 5.74) is 1.09. The van der Waals surface area contributed by atoms with E-state index >= 15 is 0 Å². The fraction of sp³-hybridized carbons (Fsp3) is 0.231. The van der Waals surface area contributed by atoms with Crippen LogP contribution in [0.1, 0.15) is 35.8 Å². The van der Waals surface area contributed by atoms with Crippen LogP contribution in [0, 0.1) is 5.82 Å². The Morgan fingerprint density at radius 2 is 2.16 bits per heavy atom. The summed E-state index contributed by atoms with van der Waals surface area (Å²) < 4.78 is 18.3. The van der Waals surface area contributed by atoms with Gasteiger partial charge in [0.25, 0.3) is 5.91 Å². The van der Waals surface area contributed by atoms with E-state index < -0.39 is 5.82 Å². The van der Waals surface area contributed by atoms with Gasteiger partial charge in [0.1, 0.15) is 5.82 Å². The zero-order chi connectivity index (χ0) is 14.0. The summed E-state index contributed by atoms with van der Waals surface area (Å²) in [5, 5.41) is 6.40. The van der Waals surface area contributed by atoms with Crippen molar-refractivity contribution in [2.24, 2.45) is 0 Å². The molecule has 0 atom stereocenters. The predicted octanol–water partition coefficient (Wildman–Crippen LogP) is 3.95. The Morgan fingerprint density at radius 1 is 1.42 bits per heavy atom. The Kier molecular flexibility index (Phi) is 3.99. The maximum atomic E-state index is 13.1. The molecule has 0 unspecified atom stereocenters. The van der Waals surface area contributed by atoms with Gasteiger partial charge in [-0.1, -0.05) is 19.0 Å². The Hall–Kier alpha value is -1.69. The monoisotopic (exact) mass is 326 g/mol. The molecule has 0 spiro atoms. The van der Waals surface area contributed by atoms with Gasteiger partial charge in [0.2, 0.25) is 5.88 Å². The second-order valence-corrected chi connectivity index (χ2v) is 5.21. The molecular formula is C13H12BrFN2O2. The molecule has 1 heterocycles. The highest BCUT2D eigenvalue weighted by atomic mass is 79.9. The van der Waals surface area contributed by atoms with E-state index in [0.717, 1.165) is 5.69 Å². The van der Waals surface area contributed by atoms with Crippen molar-refractivity contribution in [3.05, 3.63) is 45.8 Å². The van der Waals surface area contributed by atoms with E-state index in [1.54, 1.807) is 6.07 Å². The molecule has 0 fully saturated rings. The fourth-order valence-corrected chi connectivity index (χ4v) is 1.82.